The number of nitrogens with zero attached hydrogens (tertiary/aromatic N) is 1. The average molecular weight is 353 g/mol. The Labute approximate surface area is 149 Å². The summed E-state index contributed by atoms with van der Waals surface area (Å²) < 4.78 is 6.31. The van der Waals surface area contributed by atoms with Crippen molar-refractivity contribution in [3.05, 3.63) is 64.1 Å². The first-order valence-corrected chi connectivity index (χ1v) is 8.17. The van der Waals surface area contributed by atoms with Crippen LogP contribution in [0.3, 0.4) is 0 Å². The van der Waals surface area contributed by atoms with Crippen molar-refractivity contribution < 1.29 is 14.0 Å². The Hall–Kier alpha value is -3.35. The lowest BCUT2D eigenvalue weighted by molar-refractivity contribution is -0.124. The van der Waals surface area contributed by atoms with Crippen LogP contribution >= 0.6 is 0 Å². The zero-order valence-electron chi connectivity index (χ0n) is 14.5. The number of hydrogen-bond acceptors (Lipinski definition) is 4. The highest BCUT2D eigenvalue weighted by atomic mass is 16.4. The Morgan fingerprint density at radius 3 is 2.42 bits per heavy atom. The van der Waals surface area contributed by atoms with Crippen LogP contribution in [-0.2, 0) is 16.1 Å². The second kappa shape index (κ2) is 7.26. The summed E-state index contributed by atoms with van der Waals surface area (Å²) in [5.41, 5.74) is 3.58. The van der Waals surface area contributed by atoms with E-state index in [0.717, 1.165) is 16.8 Å². The predicted octanol–water partition coefficient (Wildman–Crippen LogP) is 1.97. The number of nitrogens with one attached hydrogen (secondary N) is 2. The minimum Gasteiger partial charge on any atom is -0.408 e. The summed E-state index contributed by atoms with van der Waals surface area (Å²) in [5, 5.41) is 5.31. The molecule has 0 spiro atoms. The van der Waals surface area contributed by atoms with Crippen molar-refractivity contribution in [3.63, 3.8) is 0 Å². The van der Waals surface area contributed by atoms with Gasteiger partial charge in [0, 0.05) is 5.69 Å². The summed E-state index contributed by atoms with van der Waals surface area (Å²) in [6.45, 7) is 3.40. The number of carbonyl (C=O) groups excluding carboxylic acids is 2. The van der Waals surface area contributed by atoms with Crippen molar-refractivity contribution in [2.75, 3.05) is 11.9 Å². The molecule has 2 amide bonds. The van der Waals surface area contributed by atoms with E-state index in [4.69, 9.17) is 4.42 Å². The molecule has 1 heterocycles. The summed E-state index contributed by atoms with van der Waals surface area (Å²) in [4.78, 5) is 36.1. The summed E-state index contributed by atoms with van der Waals surface area (Å²) in [5.74, 6) is -1.39. The van der Waals surface area contributed by atoms with Gasteiger partial charge in [0.1, 0.15) is 6.54 Å². The van der Waals surface area contributed by atoms with Gasteiger partial charge in [0.2, 0.25) is 11.8 Å². The van der Waals surface area contributed by atoms with Crippen molar-refractivity contribution in [1.29, 1.82) is 0 Å². The molecule has 2 aromatic carbocycles. The fourth-order valence-electron chi connectivity index (χ4n) is 2.74. The third kappa shape index (κ3) is 3.66. The Kier molecular flexibility index (Phi) is 4.88. The first kappa shape index (κ1) is 17.5. The van der Waals surface area contributed by atoms with Gasteiger partial charge in [0.05, 0.1) is 12.1 Å². The fourth-order valence-corrected chi connectivity index (χ4v) is 2.74. The van der Waals surface area contributed by atoms with Gasteiger partial charge in [-0.3, -0.25) is 14.2 Å². The molecule has 0 fully saturated rings. The van der Waals surface area contributed by atoms with Crippen LogP contribution in [-0.4, -0.2) is 22.9 Å². The topological polar surface area (TPSA) is 93.3 Å². The van der Waals surface area contributed by atoms with E-state index in [1.54, 1.807) is 24.3 Å². The lowest BCUT2D eigenvalue weighted by Gasteiger charge is -2.12. The van der Waals surface area contributed by atoms with Gasteiger partial charge in [-0.25, -0.2) is 4.79 Å². The Morgan fingerprint density at radius 2 is 1.69 bits per heavy atom. The molecule has 7 nitrogen and oxygen atoms in total. The first-order valence-electron chi connectivity index (χ1n) is 8.17. The molecule has 0 bridgehead atoms. The number of aromatic nitrogens is 1. The van der Waals surface area contributed by atoms with E-state index < -0.39 is 11.7 Å². The molecular weight excluding hydrogens is 334 g/mol. The molecule has 0 aliphatic heterocycles. The zero-order chi connectivity index (χ0) is 18.7. The van der Waals surface area contributed by atoms with Gasteiger partial charge in [0.15, 0.2) is 5.58 Å². The number of oxazole rings is 1. The number of para-hydroxylation sites is 3. The SMILES string of the molecule is Cc1cccc(C)c1NC(=O)CNC(=O)Cn1c(=O)oc2ccccc21. The minimum atomic E-state index is -0.610. The molecule has 134 valence electrons. The van der Waals surface area contributed by atoms with Crippen LogP contribution in [0.5, 0.6) is 0 Å². The Bertz CT molecular complexity index is 1010. The second-order valence-corrected chi connectivity index (χ2v) is 6.01. The number of hydrogen-bond donors (Lipinski definition) is 2. The predicted molar refractivity (Wildman–Crippen MR) is 98.0 cm³/mol. The Balaban J connectivity index is 1.61. The van der Waals surface area contributed by atoms with Crippen LogP contribution < -0.4 is 16.4 Å². The standard InChI is InChI=1S/C19H19N3O4/c1-12-6-5-7-13(2)18(12)21-16(23)10-20-17(24)11-22-14-8-3-4-9-15(14)26-19(22)25/h3-9H,10-11H2,1-2H3,(H,20,24)(H,21,23). The summed E-state index contributed by atoms with van der Waals surface area (Å²) >= 11 is 0. The molecule has 1 aromatic heterocycles. The maximum atomic E-state index is 12.1. The highest BCUT2D eigenvalue weighted by Gasteiger charge is 2.13. The summed E-state index contributed by atoms with van der Waals surface area (Å²) in [7, 11) is 0. The number of amides is 2. The van der Waals surface area contributed by atoms with Crippen LogP contribution in [0.15, 0.2) is 51.7 Å². The maximum Gasteiger partial charge on any atom is 0.420 e. The molecule has 3 aromatic rings. The van der Waals surface area contributed by atoms with Crippen LogP contribution in [0.2, 0.25) is 0 Å². The number of anilines is 1. The monoisotopic (exact) mass is 353 g/mol. The molecule has 0 unspecified atom stereocenters. The fraction of sp³-hybridized carbons (Fsp3) is 0.211. The molecule has 3 rings (SSSR count). The van der Waals surface area contributed by atoms with Crippen LogP contribution in [0.4, 0.5) is 5.69 Å². The van der Waals surface area contributed by atoms with Crippen molar-refractivity contribution >= 4 is 28.6 Å². The molecular formula is C19H19N3O4. The zero-order valence-corrected chi connectivity index (χ0v) is 14.5. The molecule has 0 saturated carbocycles. The molecule has 0 saturated heterocycles. The minimum absolute atomic E-state index is 0.183. The van der Waals surface area contributed by atoms with Crippen molar-refractivity contribution in [2.45, 2.75) is 20.4 Å². The highest BCUT2D eigenvalue weighted by molar-refractivity contribution is 5.95. The number of fused-ring (bicyclic) bond motifs is 1. The molecule has 0 aliphatic rings. The van der Waals surface area contributed by atoms with E-state index in [2.05, 4.69) is 10.6 Å². The number of rotatable bonds is 5. The third-order valence-electron chi connectivity index (χ3n) is 4.07. The van der Waals surface area contributed by atoms with Crippen LogP contribution in [0, 0.1) is 13.8 Å². The van der Waals surface area contributed by atoms with E-state index in [1.165, 1.54) is 4.57 Å². The molecule has 0 radical (unpaired) electrons. The van der Waals surface area contributed by atoms with Gasteiger partial charge in [-0.1, -0.05) is 30.3 Å². The lowest BCUT2D eigenvalue weighted by atomic mass is 10.1. The molecule has 7 heteroatoms. The van der Waals surface area contributed by atoms with Crippen molar-refractivity contribution in [2.24, 2.45) is 0 Å². The number of benzene rings is 2. The third-order valence-corrected chi connectivity index (χ3v) is 4.07. The largest absolute Gasteiger partial charge is 0.420 e. The normalized spacial score (nSPS) is 10.7. The maximum absolute atomic E-state index is 12.1. The average Bonchev–Trinajstić information content (AvgIpc) is 2.92. The van der Waals surface area contributed by atoms with Crippen molar-refractivity contribution in [3.8, 4) is 0 Å². The van der Waals surface area contributed by atoms with E-state index in [1.807, 2.05) is 32.0 Å². The smallest absolute Gasteiger partial charge is 0.408 e. The Morgan fingerprint density at radius 1 is 1.00 bits per heavy atom. The van der Waals surface area contributed by atoms with Crippen LogP contribution in [0.25, 0.3) is 11.1 Å². The van der Waals surface area contributed by atoms with E-state index in [-0.39, 0.29) is 19.0 Å². The molecule has 2 N–H and O–H groups in total. The van der Waals surface area contributed by atoms with Gasteiger partial charge in [0.25, 0.3) is 0 Å². The quantitative estimate of drug-likeness (QED) is 0.733. The van der Waals surface area contributed by atoms with Gasteiger partial charge in [-0.05, 0) is 37.1 Å². The molecule has 0 atom stereocenters. The highest BCUT2D eigenvalue weighted by Crippen LogP contribution is 2.19. The van der Waals surface area contributed by atoms with Crippen LogP contribution in [0.1, 0.15) is 11.1 Å². The second-order valence-electron chi connectivity index (χ2n) is 6.01. The summed E-state index contributed by atoms with van der Waals surface area (Å²) in [6, 6.07) is 12.6. The van der Waals surface area contributed by atoms with E-state index in [9.17, 15) is 14.4 Å². The first-order chi connectivity index (χ1) is 12.5. The van der Waals surface area contributed by atoms with E-state index >= 15 is 0 Å². The van der Waals surface area contributed by atoms with Crippen molar-refractivity contribution in [1.82, 2.24) is 9.88 Å². The lowest BCUT2D eigenvalue weighted by Crippen LogP contribution is -2.36. The van der Waals surface area contributed by atoms with Gasteiger partial charge >= 0.3 is 5.76 Å². The number of aryl methyl sites for hydroxylation is 2. The summed E-state index contributed by atoms with van der Waals surface area (Å²) in [6.07, 6.45) is 0. The van der Waals surface area contributed by atoms with E-state index in [0.29, 0.717) is 11.1 Å². The number of carbonyl (C=O) groups is 2. The van der Waals surface area contributed by atoms with Gasteiger partial charge < -0.3 is 15.1 Å². The molecule has 0 aliphatic carbocycles. The molecule has 26 heavy (non-hydrogen) atoms. The van der Waals surface area contributed by atoms with Gasteiger partial charge in [-0.2, -0.15) is 0 Å². The van der Waals surface area contributed by atoms with Gasteiger partial charge in [-0.15, -0.1) is 0 Å².